The normalized spacial score (nSPS) is 10.6. The first kappa shape index (κ1) is 15.6. The number of unbranched alkanes of at least 4 members (excludes halogenated alkanes) is 1. The Bertz CT molecular complexity index is 610. The molecule has 1 aromatic heterocycles. The van der Waals surface area contributed by atoms with E-state index < -0.39 is 0 Å². The first-order valence-electron chi connectivity index (χ1n) is 6.83. The van der Waals surface area contributed by atoms with Gasteiger partial charge < -0.3 is 5.32 Å². The fraction of sp³-hybridized carbons (Fsp3) is 0.333. The molecule has 1 heterocycles. The maximum absolute atomic E-state index is 13.1. The lowest BCUT2D eigenvalue weighted by atomic mass is 10.3. The van der Waals surface area contributed by atoms with Crippen LogP contribution in [0.25, 0.3) is 5.69 Å². The van der Waals surface area contributed by atoms with Crippen molar-refractivity contribution >= 4 is 17.7 Å². The Hall–Kier alpha value is -1.82. The smallest absolute Gasteiger partial charge is 0.269 e. The van der Waals surface area contributed by atoms with Crippen molar-refractivity contribution in [1.82, 2.24) is 14.9 Å². The number of thioether (sulfide) groups is 1. The van der Waals surface area contributed by atoms with Crippen LogP contribution in [0.15, 0.2) is 35.6 Å². The van der Waals surface area contributed by atoms with Crippen molar-refractivity contribution in [3.8, 4) is 5.69 Å². The van der Waals surface area contributed by atoms with Crippen LogP contribution in [-0.2, 0) is 0 Å². The third kappa shape index (κ3) is 3.64. The number of carbonyl (C=O) groups excluding carboxylic acids is 1. The molecule has 6 heteroatoms. The van der Waals surface area contributed by atoms with Crippen molar-refractivity contribution < 1.29 is 9.18 Å². The lowest BCUT2D eigenvalue weighted by molar-refractivity contribution is 0.0946. The van der Waals surface area contributed by atoms with Crippen LogP contribution in [-0.4, -0.2) is 28.3 Å². The molecule has 2 rings (SSSR count). The van der Waals surface area contributed by atoms with Crippen molar-refractivity contribution in [3.05, 3.63) is 42.0 Å². The van der Waals surface area contributed by atoms with Gasteiger partial charge in [-0.2, -0.15) is 0 Å². The zero-order valence-corrected chi connectivity index (χ0v) is 12.9. The highest BCUT2D eigenvalue weighted by Gasteiger charge is 2.17. The molecule has 0 spiro atoms. The molecule has 21 heavy (non-hydrogen) atoms. The van der Waals surface area contributed by atoms with Gasteiger partial charge in [0.25, 0.3) is 5.91 Å². The molecule has 4 nitrogen and oxygen atoms in total. The fourth-order valence-electron chi connectivity index (χ4n) is 1.95. The SMILES string of the molecule is CCCCNC(=O)c1cnc(SC)n1-c1ccc(F)cc1. The number of benzene rings is 1. The number of nitrogens with zero attached hydrogens (tertiary/aromatic N) is 2. The molecule has 112 valence electrons. The number of carbonyl (C=O) groups is 1. The largest absolute Gasteiger partial charge is 0.351 e. The van der Waals surface area contributed by atoms with E-state index in [1.54, 1.807) is 22.9 Å². The van der Waals surface area contributed by atoms with Crippen LogP contribution in [0.5, 0.6) is 0 Å². The van der Waals surface area contributed by atoms with Gasteiger partial charge in [-0.15, -0.1) is 0 Å². The van der Waals surface area contributed by atoms with Gasteiger partial charge >= 0.3 is 0 Å². The molecule has 0 bridgehead atoms. The highest BCUT2D eigenvalue weighted by atomic mass is 32.2. The van der Waals surface area contributed by atoms with E-state index in [1.165, 1.54) is 23.9 Å². The zero-order valence-electron chi connectivity index (χ0n) is 12.1. The lowest BCUT2D eigenvalue weighted by Crippen LogP contribution is -2.26. The van der Waals surface area contributed by atoms with Crippen molar-refractivity contribution in [3.63, 3.8) is 0 Å². The predicted molar refractivity (Wildman–Crippen MR) is 82.5 cm³/mol. The van der Waals surface area contributed by atoms with Crippen molar-refractivity contribution in [2.75, 3.05) is 12.8 Å². The molecular weight excluding hydrogens is 289 g/mol. The van der Waals surface area contributed by atoms with E-state index in [0.717, 1.165) is 18.5 Å². The first-order valence-corrected chi connectivity index (χ1v) is 8.05. The fourth-order valence-corrected chi connectivity index (χ4v) is 2.49. The molecule has 0 atom stereocenters. The molecule has 2 aromatic rings. The summed E-state index contributed by atoms with van der Waals surface area (Å²) in [7, 11) is 0. The lowest BCUT2D eigenvalue weighted by Gasteiger charge is -2.11. The van der Waals surface area contributed by atoms with Crippen LogP contribution in [0.3, 0.4) is 0 Å². The Morgan fingerprint density at radius 1 is 1.38 bits per heavy atom. The third-order valence-corrected chi connectivity index (χ3v) is 3.70. The second kappa shape index (κ2) is 7.26. The summed E-state index contributed by atoms with van der Waals surface area (Å²) in [4.78, 5) is 16.5. The van der Waals surface area contributed by atoms with Gasteiger partial charge in [-0.25, -0.2) is 9.37 Å². The van der Waals surface area contributed by atoms with E-state index in [4.69, 9.17) is 0 Å². The Kier molecular flexibility index (Phi) is 5.38. The Morgan fingerprint density at radius 2 is 2.10 bits per heavy atom. The van der Waals surface area contributed by atoms with Crippen LogP contribution < -0.4 is 5.32 Å². The summed E-state index contributed by atoms with van der Waals surface area (Å²) >= 11 is 1.44. The number of hydrogen-bond acceptors (Lipinski definition) is 3. The zero-order chi connectivity index (χ0) is 15.2. The molecule has 0 aliphatic carbocycles. The molecule has 1 amide bonds. The van der Waals surface area contributed by atoms with Gasteiger partial charge in [0.2, 0.25) is 0 Å². The Balaban J connectivity index is 2.32. The van der Waals surface area contributed by atoms with Crippen LogP contribution in [0.1, 0.15) is 30.3 Å². The minimum atomic E-state index is -0.307. The van der Waals surface area contributed by atoms with E-state index in [1.807, 2.05) is 6.26 Å². The Labute approximate surface area is 127 Å². The molecule has 0 radical (unpaired) electrons. The first-order chi connectivity index (χ1) is 10.2. The van der Waals surface area contributed by atoms with Crippen molar-refractivity contribution in [1.29, 1.82) is 0 Å². The monoisotopic (exact) mass is 307 g/mol. The van der Waals surface area contributed by atoms with Crippen molar-refractivity contribution in [2.24, 2.45) is 0 Å². The second-order valence-electron chi connectivity index (χ2n) is 4.55. The van der Waals surface area contributed by atoms with E-state index in [-0.39, 0.29) is 11.7 Å². The van der Waals surface area contributed by atoms with Crippen molar-refractivity contribution in [2.45, 2.75) is 24.9 Å². The molecule has 1 aromatic carbocycles. The standard InChI is InChI=1S/C15H18FN3OS/c1-3-4-9-17-14(20)13-10-18-15(21-2)19(13)12-7-5-11(16)6-8-12/h5-8,10H,3-4,9H2,1-2H3,(H,17,20). The van der Waals surface area contributed by atoms with Crippen LogP contribution >= 0.6 is 11.8 Å². The molecule has 0 aliphatic rings. The van der Waals surface area contributed by atoms with E-state index in [2.05, 4.69) is 17.2 Å². The number of imidazole rings is 1. The molecule has 0 saturated carbocycles. The van der Waals surface area contributed by atoms with Gasteiger partial charge in [-0.1, -0.05) is 25.1 Å². The Morgan fingerprint density at radius 3 is 2.71 bits per heavy atom. The number of rotatable bonds is 6. The summed E-state index contributed by atoms with van der Waals surface area (Å²) in [5.74, 6) is -0.473. The molecule has 0 unspecified atom stereocenters. The van der Waals surface area contributed by atoms with Crippen LogP contribution in [0, 0.1) is 5.82 Å². The minimum absolute atomic E-state index is 0.166. The topological polar surface area (TPSA) is 46.9 Å². The van der Waals surface area contributed by atoms with E-state index in [9.17, 15) is 9.18 Å². The van der Waals surface area contributed by atoms with Gasteiger partial charge in [0.1, 0.15) is 11.5 Å². The maximum Gasteiger partial charge on any atom is 0.269 e. The summed E-state index contributed by atoms with van der Waals surface area (Å²) in [5, 5.41) is 3.57. The number of aromatic nitrogens is 2. The molecular formula is C15H18FN3OS. The van der Waals surface area contributed by atoms with E-state index in [0.29, 0.717) is 17.4 Å². The van der Waals surface area contributed by atoms with Gasteiger partial charge in [-0.3, -0.25) is 9.36 Å². The highest BCUT2D eigenvalue weighted by Crippen LogP contribution is 2.22. The number of hydrogen-bond donors (Lipinski definition) is 1. The maximum atomic E-state index is 13.1. The number of halogens is 1. The van der Waals surface area contributed by atoms with Gasteiger partial charge in [0.15, 0.2) is 5.16 Å². The quantitative estimate of drug-likeness (QED) is 0.658. The average molecular weight is 307 g/mol. The molecule has 0 aliphatic heterocycles. The average Bonchev–Trinajstić information content (AvgIpc) is 2.92. The molecule has 0 fully saturated rings. The summed E-state index contributed by atoms with van der Waals surface area (Å²) < 4.78 is 14.8. The van der Waals surface area contributed by atoms with E-state index >= 15 is 0 Å². The van der Waals surface area contributed by atoms with Gasteiger partial charge in [-0.05, 0) is 36.9 Å². The molecule has 1 N–H and O–H groups in total. The number of nitrogens with one attached hydrogen (secondary N) is 1. The minimum Gasteiger partial charge on any atom is -0.351 e. The third-order valence-electron chi connectivity index (χ3n) is 3.05. The summed E-state index contributed by atoms with van der Waals surface area (Å²) in [5.41, 5.74) is 1.18. The van der Waals surface area contributed by atoms with Crippen LogP contribution in [0.2, 0.25) is 0 Å². The second-order valence-corrected chi connectivity index (χ2v) is 5.32. The summed E-state index contributed by atoms with van der Waals surface area (Å²) in [6.45, 7) is 2.71. The molecule has 0 saturated heterocycles. The van der Waals surface area contributed by atoms with Gasteiger partial charge in [0.05, 0.1) is 6.20 Å². The summed E-state index contributed by atoms with van der Waals surface area (Å²) in [6.07, 6.45) is 5.40. The number of amides is 1. The van der Waals surface area contributed by atoms with Gasteiger partial charge in [0, 0.05) is 12.2 Å². The van der Waals surface area contributed by atoms with Crippen LogP contribution in [0.4, 0.5) is 4.39 Å². The highest BCUT2D eigenvalue weighted by molar-refractivity contribution is 7.98. The predicted octanol–water partition coefficient (Wildman–Crippen LogP) is 3.26. The summed E-state index contributed by atoms with van der Waals surface area (Å²) in [6, 6.07) is 6.02.